The number of anilines is 1. The van der Waals surface area contributed by atoms with E-state index in [0.717, 1.165) is 74.4 Å². The van der Waals surface area contributed by atoms with Crippen molar-refractivity contribution in [2.75, 3.05) is 5.32 Å². The number of halogens is 3. The van der Waals surface area contributed by atoms with Gasteiger partial charge in [0.2, 0.25) is 5.91 Å². The van der Waals surface area contributed by atoms with Gasteiger partial charge < -0.3 is 15.6 Å². The quantitative estimate of drug-likeness (QED) is 0.699. The molecule has 6 nitrogen and oxygen atoms in total. The Hall–Kier alpha value is -1.34. The number of carbonyl (C=O) groups is 1. The Morgan fingerprint density at radius 2 is 1.97 bits per heavy atom. The highest BCUT2D eigenvalue weighted by Crippen LogP contribution is 2.32. The third-order valence-corrected chi connectivity index (χ3v) is 6.00. The van der Waals surface area contributed by atoms with Gasteiger partial charge in [-0.2, -0.15) is 0 Å². The zero-order valence-electron chi connectivity index (χ0n) is 16.3. The van der Waals surface area contributed by atoms with Crippen LogP contribution in [0.3, 0.4) is 0 Å². The lowest BCUT2D eigenvalue weighted by Gasteiger charge is -2.25. The normalized spacial score (nSPS) is 21.2. The number of aromatic nitrogens is 3. The molecule has 2 atom stereocenters. The minimum absolute atomic E-state index is 0. The van der Waals surface area contributed by atoms with Crippen LogP contribution in [0.5, 0.6) is 0 Å². The average Bonchev–Trinajstić information content (AvgIpc) is 2.91. The van der Waals surface area contributed by atoms with Crippen LogP contribution in [-0.4, -0.2) is 26.7 Å². The molecule has 4 rings (SSSR count). The molecule has 2 unspecified atom stereocenters. The molecule has 1 saturated carbocycles. The van der Waals surface area contributed by atoms with Crippen LogP contribution >= 0.6 is 36.4 Å². The minimum Gasteiger partial charge on any atom is -0.328 e. The first-order valence-corrected chi connectivity index (χ1v) is 10.3. The lowest BCUT2D eigenvalue weighted by Crippen LogP contribution is -2.34. The van der Waals surface area contributed by atoms with Gasteiger partial charge in [0.15, 0.2) is 5.82 Å². The number of nitrogens with zero attached hydrogens (tertiary/aromatic N) is 3. The zero-order chi connectivity index (χ0) is 18.8. The Bertz CT molecular complexity index is 842. The molecule has 3 N–H and O–H groups in total. The number of aryl methyl sites for hydroxylation is 1. The number of nitrogens with one attached hydrogen (secondary N) is 1. The van der Waals surface area contributed by atoms with E-state index in [1.165, 1.54) is 6.42 Å². The smallest absolute Gasteiger partial charge is 0.227 e. The summed E-state index contributed by atoms with van der Waals surface area (Å²) < 4.78 is 2.17. The number of nitrogens with two attached hydrogens (primary N) is 1. The fraction of sp³-hybridized carbons (Fsp3) is 0.550. The molecule has 29 heavy (non-hydrogen) atoms. The summed E-state index contributed by atoms with van der Waals surface area (Å²) in [5.74, 6) is 1.83. The second-order valence-electron chi connectivity index (χ2n) is 7.71. The molecule has 2 aliphatic rings. The van der Waals surface area contributed by atoms with Gasteiger partial charge in [-0.3, -0.25) is 4.79 Å². The number of benzene rings is 1. The molecule has 1 aromatic carbocycles. The Labute approximate surface area is 188 Å². The molecule has 0 spiro atoms. The molecule has 0 bridgehead atoms. The predicted octanol–water partition coefficient (Wildman–Crippen LogP) is 4.62. The van der Waals surface area contributed by atoms with Gasteiger partial charge in [0.1, 0.15) is 5.82 Å². The molecule has 9 heteroatoms. The standard InChI is InChI=1S/C20H26ClN5O.2ClH/c21-17-9-8-15(23-20(27)13-5-4-6-14(22)11-13)12-16(17)19-25-24-18-7-2-1-3-10-26(18)19;;/h8-9,12-14H,1-7,10-11,22H2,(H,23,27);2*1H. The number of hydrogen-bond donors (Lipinski definition) is 2. The van der Waals surface area contributed by atoms with E-state index in [1.54, 1.807) is 0 Å². The fourth-order valence-corrected chi connectivity index (χ4v) is 4.37. The Balaban J connectivity index is 0.00000150. The van der Waals surface area contributed by atoms with E-state index in [2.05, 4.69) is 20.1 Å². The van der Waals surface area contributed by atoms with Crippen molar-refractivity contribution in [1.29, 1.82) is 0 Å². The van der Waals surface area contributed by atoms with Crippen LogP contribution in [0.15, 0.2) is 18.2 Å². The summed E-state index contributed by atoms with van der Waals surface area (Å²) in [7, 11) is 0. The highest BCUT2D eigenvalue weighted by Gasteiger charge is 2.26. The fourth-order valence-electron chi connectivity index (χ4n) is 4.17. The Morgan fingerprint density at radius 3 is 2.76 bits per heavy atom. The SMILES string of the molecule is Cl.Cl.NC1CCCC(C(=O)Nc2ccc(Cl)c(-c3nnc4n3CCCCC4)c2)C1. The van der Waals surface area contributed by atoms with Crippen LogP contribution in [0.4, 0.5) is 5.69 Å². The first-order valence-electron chi connectivity index (χ1n) is 9.90. The highest BCUT2D eigenvalue weighted by atomic mass is 35.5. The summed E-state index contributed by atoms with van der Waals surface area (Å²) in [4.78, 5) is 12.6. The summed E-state index contributed by atoms with van der Waals surface area (Å²) in [6.07, 6.45) is 8.09. The van der Waals surface area contributed by atoms with Crippen molar-refractivity contribution in [3.8, 4) is 11.4 Å². The van der Waals surface area contributed by atoms with Crippen LogP contribution in [0.1, 0.15) is 50.8 Å². The maximum absolute atomic E-state index is 12.6. The van der Waals surface area contributed by atoms with Crippen molar-refractivity contribution in [2.45, 2.75) is 64.0 Å². The van der Waals surface area contributed by atoms with E-state index >= 15 is 0 Å². The molecule has 1 aromatic heterocycles. The topological polar surface area (TPSA) is 85.8 Å². The van der Waals surface area contributed by atoms with Gasteiger partial charge in [-0.05, 0) is 50.3 Å². The van der Waals surface area contributed by atoms with Crippen molar-refractivity contribution in [3.63, 3.8) is 0 Å². The Morgan fingerprint density at radius 1 is 1.14 bits per heavy atom. The number of rotatable bonds is 3. The first-order chi connectivity index (χ1) is 13.1. The van der Waals surface area contributed by atoms with Crippen LogP contribution in [0, 0.1) is 5.92 Å². The van der Waals surface area contributed by atoms with E-state index in [-0.39, 0.29) is 42.7 Å². The predicted molar refractivity (Wildman–Crippen MR) is 121 cm³/mol. The highest BCUT2D eigenvalue weighted by molar-refractivity contribution is 6.33. The van der Waals surface area contributed by atoms with Gasteiger partial charge in [0, 0.05) is 36.2 Å². The van der Waals surface area contributed by atoms with Crippen molar-refractivity contribution >= 4 is 48.0 Å². The molecule has 2 aromatic rings. The molecule has 1 aliphatic carbocycles. The molecule has 0 saturated heterocycles. The second kappa shape index (κ2) is 10.6. The number of fused-ring (bicyclic) bond motifs is 1. The second-order valence-corrected chi connectivity index (χ2v) is 8.12. The van der Waals surface area contributed by atoms with Crippen molar-refractivity contribution in [2.24, 2.45) is 11.7 Å². The van der Waals surface area contributed by atoms with Crippen LogP contribution in [-0.2, 0) is 17.8 Å². The average molecular weight is 461 g/mol. The molecule has 160 valence electrons. The van der Waals surface area contributed by atoms with E-state index in [0.29, 0.717) is 5.02 Å². The third-order valence-electron chi connectivity index (χ3n) is 5.67. The van der Waals surface area contributed by atoms with Gasteiger partial charge in [-0.25, -0.2) is 0 Å². The van der Waals surface area contributed by atoms with Crippen LogP contribution in [0.25, 0.3) is 11.4 Å². The van der Waals surface area contributed by atoms with Crippen molar-refractivity contribution < 1.29 is 4.79 Å². The number of hydrogen-bond acceptors (Lipinski definition) is 4. The molecule has 0 radical (unpaired) electrons. The van der Waals surface area contributed by atoms with Crippen LogP contribution in [0.2, 0.25) is 5.02 Å². The van der Waals surface area contributed by atoms with E-state index < -0.39 is 0 Å². The maximum atomic E-state index is 12.6. The van der Waals surface area contributed by atoms with E-state index in [9.17, 15) is 4.79 Å². The zero-order valence-corrected chi connectivity index (χ0v) is 18.7. The molecule has 1 fully saturated rings. The third kappa shape index (κ3) is 5.43. The lowest BCUT2D eigenvalue weighted by molar-refractivity contribution is -0.120. The molecule has 2 heterocycles. The molecule has 1 aliphatic heterocycles. The molecule has 1 amide bonds. The van der Waals surface area contributed by atoms with Gasteiger partial charge in [0.25, 0.3) is 0 Å². The molecular formula is C20H28Cl3N5O. The van der Waals surface area contributed by atoms with Gasteiger partial charge in [0.05, 0.1) is 5.02 Å². The van der Waals surface area contributed by atoms with Crippen LogP contribution < -0.4 is 11.1 Å². The largest absolute Gasteiger partial charge is 0.328 e. The summed E-state index contributed by atoms with van der Waals surface area (Å²) in [5.41, 5.74) is 7.58. The summed E-state index contributed by atoms with van der Waals surface area (Å²) in [6.45, 7) is 0.907. The monoisotopic (exact) mass is 459 g/mol. The van der Waals surface area contributed by atoms with Gasteiger partial charge in [-0.1, -0.05) is 24.4 Å². The number of amides is 1. The summed E-state index contributed by atoms with van der Waals surface area (Å²) >= 11 is 6.46. The van der Waals surface area contributed by atoms with Gasteiger partial charge in [-0.15, -0.1) is 35.0 Å². The lowest BCUT2D eigenvalue weighted by atomic mass is 9.85. The summed E-state index contributed by atoms with van der Waals surface area (Å²) in [5, 5.41) is 12.4. The van der Waals surface area contributed by atoms with Crippen molar-refractivity contribution in [3.05, 3.63) is 29.0 Å². The summed E-state index contributed by atoms with van der Waals surface area (Å²) in [6, 6.07) is 5.69. The molecular weight excluding hydrogens is 433 g/mol. The van der Waals surface area contributed by atoms with Gasteiger partial charge >= 0.3 is 0 Å². The number of carbonyl (C=O) groups excluding carboxylic acids is 1. The Kier molecular flexibility index (Phi) is 8.76. The first kappa shape index (κ1) is 23.9. The maximum Gasteiger partial charge on any atom is 0.227 e. The minimum atomic E-state index is -0.0164. The van der Waals surface area contributed by atoms with E-state index in [4.69, 9.17) is 17.3 Å². The van der Waals surface area contributed by atoms with E-state index in [1.807, 2.05) is 18.2 Å². The van der Waals surface area contributed by atoms with Crippen molar-refractivity contribution in [1.82, 2.24) is 14.8 Å².